The van der Waals surface area contributed by atoms with Crippen LogP contribution in [-0.4, -0.2) is 47.1 Å². The molecule has 5 nitrogen and oxygen atoms in total. The van der Waals surface area contributed by atoms with Crippen molar-refractivity contribution in [1.82, 2.24) is 19.8 Å². The van der Waals surface area contributed by atoms with E-state index in [1.165, 1.54) is 18.4 Å². The van der Waals surface area contributed by atoms with Gasteiger partial charge in [-0.25, -0.2) is 4.98 Å². The zero-order chi connectivity index (χ0) is 16.2. The predicted octanol–water partition coefficient (Wildman–Crippen LogP) is 2.65. The third kappa shape index (κ3) is 3.49. The fourth-order valence-electron chi connectivity index (χ4n) is 3.47. The monoisotopic (exact) mass is 313 g/mol. The summed E-state index contributed by atoms with van der Waals surface area (Å²) in [6.45, 7) is 8.36. The van der Waals surface area contributed by atoms with Crippen LogP contribution in [0.3, 0.4) is 0 Å². The summed E-state index contributed by atoms with van der Waals surface area (Å²) in [6, 6.07) is 8.31. The van der Waals surface area contributed by atoms with Crippen molar-refractivity contribution in [2.45, 2.75) is 33.2 Å². The van der Waals surface area contributed by atoms with E-state index in [-0.39, 0.29) is 0 Å². The number of benzene rings is 1. The summed E-state index contributed by atoms with van der Waals surface area (Å²) in [5.74, 6) is 2.84. The van der Waals surface area contributed by atoms with E-state index in [0.29, 0.717) is 0 Å². The maximum atomic E-state index is 4.63. The van der Waals surface area contributed by atoms with Crippen LogP contribution < -0.4 is 5.32 Å². The molecule has 1 fully saturated rings. The Morgan fingerprint density at radius 2 is 2.22 bits per heavy atom. The second kappa shape index (κ2) is 7.02. The van der Waals surface area contributed by atoms with Crippen molar-refractivity contribution in [2.75, 3.05) is 26.7 Å². The Morgan fingerprint density at radius 1 is 1.39 bits per heavy atom. The van der Waals surface area contributed by atoms with Gasteiger partial charge in [0.1, 0.15) is 5.82 Å². The molecule has 0 spiro atoms. The molecule has 2 heterocycles. The number of rotatable bonds is 3. The summed E-state index contributed by atoms with van der Waals surface area (Å²) in [6.07, 6.45) is 2.58. The zero-order valence-corrected chi connectivity index (χ0v) is 14.4. The summed E-state index contributed by atoms with van der Waals surface area (Å²) in [7, 11) is 1.87. The van der Waals surface area contributed by atoms with Gasteiger partial charge in [0.25, 0.3) is 0 Å². The molecule has 1 N–H and O–H groups in total. The zero-order valence-electron chi connectivity index (χ0n) is 14.4. The Balaban J connectivity index is 1.62. The number of likely N-dealkylation sites (tertiary alicyclic amines) is 1. The van der Waals surface area contributed by atoms with Gasteiger partial charge < -0.3 is 14.8 Å². The lowest BCUT2D eigenvalue weighted by atomic mass is 10.0. The first kappa shape index (κ1) is 15.8. The third-order valence-corrected chi connectivity index (χ3v) is 4.63. The molecule has 1 aliphatic rings. The van der Waals surface area contributed by atoms with Gasteiger partial charge in [0.05, 0.1) is 11.0 Å². The molecule has 0 aliphatic carbocycles. The van der Waals surface area contributed by atoms with Crippen molar-refractivity contribution in [3.63, 3.8) is 0 Å². The van der Waals surface area contributed by atoms with Crippen molar-refractivity contribution in [3.8, 4) is 0 Å². The molecule has 5 heteroatoms. The summed E-state index contributed by atoms with van der Waals surface area (Å²) < 4.78 is 2.27. The molecular weight excluding hydrogens is 286 g/mol. The molecule has 2 aromatic rings. The van der Waals surface area contributed by atoms with Crippen LogP contribution in [0, 0.1) is 12.8 Å². The molecule has 124 valence electrons. The molecule has 23 heavy (non-hydrogen) atoms. The molecule has 0 saturated carbocycles. The number of hydrogen-bond donors (Lipinski definition) is 1. The van der Waals surface area contributed by atoms with Crippen LogP contribution in [0.15, 0.2) is 29.3 Å². The van der Waals surface area contributed by atoms with Crippen molar-refractivity contribution in [3.05, 3.63) is 30.1 Å². The van der Waals surface area contributed by atoms with E-state index in [4.69, 9.17) is 0 Å². The highest BCUT2D eigenvalue weighted by Gasteiger charge is 2.19. The van der Waals surface area contributed by atoms with Crippen LogP contribution in [0.5, 0.6) is 0 Å². The standard InChI is InChI=1S/C18H27N5/c1-14-7-6-11-22(13-14)18(19-3)20-10-12-23-15(2)21-16-8-4-5-9-17(16)23/h4-5,8-9,14H,6-7,10-13H2,1-3H3,(H,19,20). The summed E-state index contributed by atoms with van der Waals surface area (Å²) in [5.41, 5.74) is 2.27. The Hall–Kier alpha value is -2.04. The molecule has 0 bridgehead atoms. The fourth-order valence-corrected chi connectivity index (χ4v) is 3.47. The van der Waals surface area contributed by atoms with Crippen molar-refractivity contribution < 1.29 is 0 Å². The van der Waals surface area contributed by atoms with Crippen LogP contribution >= 0.6 is 0 Å². The molecule has 1 saturated heterocycles. The number of fused-ring (bicyclic) bond motifs is 1. The highest BCUT2D eigenvalue weighted by Crippen LogP contribution is 2.16. The van der Waals surface area contributed by atoms with E-state index in [9.17, 15) is 0 Å². The second-order valence-corrected chi connectivity index (χ2v) is 6.47. The van der Waals surface area contributed by atoms with Crippen LogP contribution in [0.1, 0.15) is 25.6 Å². The smallest absolute Gasteiger partial charge is 0.193 e. The highest BCUT2D eigenvalue weighted by atomic mass is 15.3. The van der Waals surface area contributed by atoms with E-state index < -0.39 is 0 Å². The number of aryl methyl sites for hydroxylation is 1. The normalized spacial score (nSPS) is 19.3. The van der Waals surface area contributed by atoms with Crippen molar-refractivity contribution in [2.24, 2.45) is 10.9 Å². The van der Waals surface area contributed by atoms with E-state index in [0.717, 1.165) is 49.4 Å². The molecule has 1 atom stereocenters. The maximum absolute atomic E-state index is 4.63. The van der Waals surface area contributed by atoms with Gasteiger partial charge in [-0.15, -0.1) is 0 Å². The summed E-state index contributed by atoms with van der Waals surface area (Å²) >= 11 is 0. The summed E-state index contributed by atoms with van der Waals surface area (Å²) in [5, 5.41) is 3.52. The largest absolute Gasteiger partial charge is 0.354 e. The van der Waals surface area contributed by atoms with Gasteiger partial charge >= 0.3 is 0 Å². The molecule has 3 rings (SSSR count). The van der Waals surface area contributed by atoms with Crippen molar-refractivity contribution in [1.29, 1.82) is 0 Å². The first-order valence-electron chi connectivity index (χ1n) is 8.56. The number of aromatic nitrogens is 2. The molecule has 0 radical (unpaired) electrons. The summed E-state index contributed by atoms with van der Waals surface area (Å²) in [4.78, 5) is 11.5. The van der Waals surface area contributed by atoms with Crippen LogP contribution in [0.25, 0.3) is 11.0 Å². The predicted molar refractivity (Wildman–Crippen MR) is 95.8 cm³/mol. The minimum Gasteiger partial charge on any atom is -0.354 e. The van der Waals surface area contributed by atoms with E-state index in [2.05, 4.69) is 56.8 Å². The van der Waals surface area contributed by atoms with Crippen molar-refractivity contribution >= 4 is 17.0 Å². The Kier molecular flexibility index (Phi) is 4.84. The Bertz CT molecular complexity index is 688. The number of para-hydroxylation sites is 2. The molecule has 1 aliphatic heterocycles. The van der Waals surface area contributed by atoms with E-state index >= 15 is 0 Å². The van der Waals surface area contributed by atoms with Crippen LogP contribution in [0.4, 0.5) is 0 Å². The van der Waals surface area contributed by atoms with Crippen LogP contribution in [-0.2, 0) is 6.54 Å². The lowest BCUT2D eigenvalue weighted by Gasteiger charge is -2.33. The highest BCUT2D eigenvalue weighted by molar-refractivity contribution is 5.80. The maximum Gasteiger partial charge on any atom is 0.193 e. The number of piperidine rings is 1. The van der Waals surface area contributed by atoms with Gasteiger partial charge in [-0.3, -0.25) is 4.99 Å². The van der Waals surface area contributed by atoms with Gasteiger partial charge in [0, 0.05) is 33.2 Å². The molecule has 1 aromatic carbocycles. The lowest BCUT2D eigenvalue weighted by molar-refractivity contribution is 0.266. The minimum absolute atomic E-state index is 0.752. The van der Waals surface area contributed by atoms with Gasteiger partial charge in [0.15, 0.2) is 5.96 Å². The molecular formula is C18H27N5. The van der Waals surface area contributed by atoms with E-state index in [1.807, 2.05) is 13.1 Å². The first-order chi connectivity index (χ1) is 11.2. The number of guanidine groups is 1. The number of nitrogens with zero attached hydrogens (tertiary/aromatic N) is 4. The minimum atomic E-state index is 0.752. The lowest BCUT2D eigenvalue weighted by Crippen LogP contribution is -2.46. The number of hydrogen-bond acceptors (Lipinski definition) is 2. The third-order valence-electron chi connectivity index (χ3n) is 4.63. The topological polar surface area (TPSA) is 45.5 Å². The Labute approximate surface area is 138 Å². The van der Waals surface area contributed by atoms with E-state index in [1.54, 1.807) is 0 Å². The fraction of sp³-hybridized carbons (Fsp3) is 0.556. The average Bonchev–Trinajstić information content (AvgIpc) is 2.87. The molecule has 0 amide bonds. The Morgan fingerprint density at radius 3 is 3.00 bits per heavy atom. The SMILES string of the molecule is CN=C(NCCn1c(C)nc2ccccc21)N1CCCC(C)C1. The van der Waals surface area contributed by atoms with Gasteiger partial charge in [-0.05, 0) is 37.8 Å². The van der Waals surface area contributed by atoms with Crippen LogP contribution in [0.2, 0.25) is 0 Å². The number of nitrogens with one attached hydrogen (secondary N) is 1. The average molecular weight is 313 g/mol. The molecule has 1 unspecified atom stereocenters. The van der Waals surface area contributed by atoms with Gasteiger partial charge in [0.2, 0.25) is 0 Å². The van der Waals surface area contributed by atoms with Gasteiger partial charge in [-0.1, -0.05) is 19.1 Å². The number of imidazole rings is 1. The first-order valence-corrected chi connectivity index (χ1v) is 8.56. The second-order valence-electron chi connectivity index (χ2n) is 6.47. The molecule has 1 aromatic heterocycles. The quantitative estimate of drug-likeness (QED) is 0.700. The number of aliphatic imine (C=N–C) groups is 1. The van der Waals surface area contributed by atoms with Gasteiger partial charge in [-0.2, -0.15) is 0 Å².